The molecule has 0 saturated carbocycles. The molecule has 33 heavy (non-hydrogen) atoms. The predicted molar refractivity (Wildman–Crippen MR) is 109 cm³/mol. The number of carbonyl (C=O) groups excluding carboxylic acids is 1. The molecule has 2 N–H and O–H groups in total. The standard InChI is InChI=1S/C20H23F6N3O3S/c1-4-29(5-2)10-14(30)18-28-16(19(21,22)23)15(33-18)17(31)27-11(3)12-7-6-8-13(9-12)32-20(24,25)26/h6-9,11,14,30H,4-5,10H2,1-3H3,(H,27,31). The lowest BCUT2D eigenvalue weighted by atomic mass is 10.1. The maximum atomic E-state index is 13.5. The van der Waals surface area contributed by atoms with Gasteiger partial charge in [-0.1, -0.05) is 26.0 Å². The summed E-state index contributed by atoms with van der Waals surface area (Å²) in [6.45, 7) is 6.22. The van der Waals surface area contributed by atoms with E-state index in [1.54, 1.807) is 4.90 Å². The van der Waals surface area contributed by atoms with E-state index in [0.29, 0.717) is 24.4 Å². The van der Waals surface area contributed by atoms with Gasteiger partial charge in [-0.3, -0.25) is 4.79 Å². The molecule has 0 saturated heterocycles. The molecule has 2 atom stereocenters. The van der Waals surface area contributed by atoms with E-state index < -0.39 is 46.9 Å². The van der Waals surface area contributed by atoms with Crippen LogP contribution in [0.1, 0.15) is 58.9 Å². The van der Waals surface area contributed by atoms with E-state index in [0.717, 1.165) is 12.1 Å². The number of aliphatic hydroxyl groups excluding tert-OH is 1. The number of hydrogen-bond acceptors (Lipinski definition) is 6. The first-order chi connectivity index (χ1) is 15.2. The average molecular weight is 499 g/mol. The number of aliphatic hydroxyl groups is 1. The Hall–Kier alpha value is -2.38. The summed E-state index contributed by atoms with van der Waals surface area (Å²) in [5.74, 6) is -1.65. The van der Waals surface area contributed by atoms with Crippen molar-refractivity contribution < 1.29 is 41.0 Å². The Kier molecular flexibility index (Phi) is 8.71. The molecule has 1 aromatic carbocycles. The molecule has 2 aromatic rings. The molecule has 1 aromatic heterocycles. The first kappa shape index (κ1) is 26.9. The number of amides is 1. The molecule has 2 rings (SSSR count). The monoisotopic (exact) mass is 499 g/mol. The summed E-state index contributed by atoms with van der Waals surface area (Å²) in [4.78, 5) is 17.1. The highest BCUT2D eigenvalue weighted by molar-refractivity contribution is 7.13. The Bertz CT molecular complexity index is 944. The third-order valence-electron chi connectivity index (χ3n) is 4.67. The van der Waals surface area contributed by atoms with Crippen molar-refractivity contribution in [3.05, 3.63) is 45.4 Å². The van der Waals surface area contributed by atoms with Crippen molar-refractivity contribution in [3.63, 3.8) is 0 Å². The molecule has 0 radical (unpaired) electrons. The molecule has 0 aliphatic rings. The third-order valence-corrected chi connectivity index (χ3v) is 5.82. The lowest BCUT2D eigenvalue weighted by molar-refractivity contribution is -0.274. The van der Waals surface area contributed by atoms with Gasteiger partial charge in [-0.25, -0.2) is 4.98 Å². The number of nitrogens with zero attached hydrogens (tertiary/aromatic N) is 2. The number of nitrogens with one attached hydrogen (secondary N) is 1. The fraction of sp³-hybridized carbons (Fsp3) is 0.500. The quantitative estimate of drug-likeness (QED) is 0.479. The molecule has 1 amide bonds. The fourth-order valence-corrected chi connectivity index (χ4v) is 3.92. The first-order valence-corrected chi connectivity index (χ1v) is 10.7. The molecular weight excluding hydrogens is 476 g/mol. The summed E-state index contributed by atoms with van der Waals surface area (Å²) in [5, 5.41) is 12.4. The summed E-state index contributed by atoms with van der Waals surface area (Å²) >= 11 is 0.420. The van der Waals surface area contributed by atoms with Crippen LogP contribution in [-0.4, -0.2) is 46.9 Å². The summed E-state index contributed by atoms with van der Waals surface area (Å²) < 4.78 is 81.6. The van der Waals surface area contributed by atoms with Crippen molar-refractivity contribution in [2.45, 2.75) is 45.5 Å². The second kappa shape index (κ2) is 10.7. The molecule has 0 spiro atoms. The predicted octanol–water partition coefficient (Wildman–Crippen LogP) is 4.93. The molecular formula is C20H23F6N3O3S. The van der Waals surface area contributed by atoms with Crippen LogP contribution in [0.15, 0.2) is 24.3 Å². The van der Waals surface area contributed by atoms with Crippen LogP contribution in [0.3, 0.4) is 0 Å². The highest BCUT2D eigenvalue weighted by Crippen LogP contribution is 2.36. The van der Waals surface area contributed by atoms with E-state index in [9.17, 15) is 36.2 Å². The average Bonchev–Trinajstić information content (AvgIpc) is 3.17. The molecule has 0 aliphatic heterocycles. The van der Waals surface area contributed by atoms with Crippen molar-refractivity contribution in [3.8, 4) is 5.75 Å². The van der Waals surface area contributed by atoms with Gasteiger partial charge in [0.2, 0.25) is 0 Å². The van der Waals surface area contributed by atoms with Crippen LogP contribution in [0.4, 0.5) is 26.3 Å². The van der Waals surface area contributed by atoms with E-state index in [2.05, 4.69) is 15.0 Å². The second-order valence-corrected chi connectivity index (χ2v) is 8.08. The molecule has 0 bridgehead atoms. The van der Waals surface area contributed by atoms with Gasteiger partial charge in [0.05, 0.1) is 6.04 Å². The van der Waals surface area contributed by atoms with Crippen molar-refractivity contribution >= 4 is 17.2 Å². The van der Waals surface area contributed by atoms with Gasteiger partial charge in [0.25, 0.3) is 5.91 Å². The Morgan fingerprint density at radius 2 is 1.85 bits per heavy atom. The maximum Gasteiger partial charge on any atom is 0.573 e. The number of benzene rings is 1. The van der Waals surface area contributed by atoms with Crippen LogP contribution in [-0.2, 0) is 6.18 Å². The SMILES string of the molecule is CCN(CC)CC(O)c1nc(C(F)(F)F)c(C(=O)NC(C)c2cccc(OC(F)(F)F)c2)s1. The summed E-state index contributed by atoms with van der Waals surface area (Å²) in [6, 6.07) is 3.79. The molecule has 13 heteroatoms. The van der Waals surface area contributed by atoms with Crippen LogP contribution in [0.25, 0.3) is 0 Å². The molecule has 6 nitrogen and oxygen atoms in total. The van der Waals surface area contributed by atoms with Gasteiger partial charge < -0.3 is 20.1 Å². The fourth-order valence-electron chi connectivity index (χ4n) is 2.96. The minimum Gasteiger partial charge on any atom is -0.406 e. The Morgan fingerprint density at radius 3 is 2.39 bits per heavy atom. The lowest BCUT2D eigenvalue weighted by Crippen LogP contribution is -2.28. The summed E-state index contributed by atoms with van der Waals surface area (Å²) in [6.07, 6.45) is -11.2. The van der Waals surface area contributed by atoms with Gasteiger partial charge >= 0.3 is 12.5 Å². The van der Waals surface area contributed by atoms with Gasteiger partial charge in [-0.15, -0.1) is 24.5 Å². The minimum absolute atomic E-state index is 0.0429. The number of thiazole rings is 1. The molecule has 2 unspecified atom stereocenters. The molecule has 0 aliphatic carbocycles. The number of rotatable bonds is 9. The van der Waals surface area contributed by atoms with Gasteiger partial charge in [-0.2, -0.15) is 13.2 Å². The van der Waals surface area contributed by atoms with Crippen LogP contribution < -0.4 is 10.1 Å². The largest absolute Gasteiger partial charge is 0.573 e. The zero-order chi connectivity index (χ0) is 25.0. The van der Waals surface area contributed by atoms with E-state index in [4.69, 9.17) is 0 Å². The van der Waals surface area contributed by atoms with Crippen molar-refractivity contribution in [1.82, 2.24) is 15.2 Å². The van der Waals surface area contributed by atoms with Crippen LogP contribution in [0.5, 0.6) is 5.75 Å². The van der Waals surface area contributed by atoms with E-state index in [1.807, 2.05) is 13.8 Å². The molecule has 0 fully saturated rings. The molecule has 1 heterocycles. The third kappa shape index (κ3) is 7.57. The Morgan fingerprint density at radius 1 is 1.21 bits per heavy atom. The smallest absolute Gasteiger partial charge is 0.406 e. The number of likely N-dealkylation sites (N-methyl/N-ethyl adjacent to an activating group) is 1. The van der Waals surface area contributed by atoms with Crippen molar-refractivity contribution in [2.75, 3.05) is 19.6 Å². The zero-order valence-electron chi connectivity index (χ0n) is 17.9. The van der Waals surface area contributed by atoms with Crippen LogP contribution >= 0.6 is 11.3 Å². The lowest BCUT2D eigenvalue weighted by Gasteiger charge is -2.20. The Labute approximate surface area is 190 Å². The highest BCUT2D eigenvalue weighted by atomic mass is 32.1. The van der Waals surface area contributed by atoms with E-state index >= 15 is 0 Å². The van der Waals surface area contributed by atoms with E-state index in [-0.39, 0.29) is 17.1 Å². The number of hydrogen-bond donors (Lipinski definition) is 2. The van der Waals surface area contributed by atoms with Crippen LogP contribution in [0, 0.1) is 0 Å². The normalized spacial score (nSPS) is 14.3. The van der Waals surface area contributed by atoms with Gasteiger partial charge in [0.15, 0.2) is 5.69 Å². The summed E-state index contributed by atoms with van der Waals surface area (Å²) in [5.41, 5.74) is -1.25. The van der Waals surface area contributed by atoms with Gasteiger partial charge in [0, 0.05) is 6.54 Å². The van der Waals surface area contributed by atoms with E-state index in [1.165, 1.54) is 19.1 Å². The number of carbonyl (C=O) groups is 1. The van der Waals surface area contributed by atoms with Crippen molar-refractivity contribution in [1.29, 1.82) is 0 Å². The number of halogens is 6. The number of alkyl halides is 6. The highest BCUT2D eigenvalue weighted by Gasteiger charge is 2.40. The van der Waals surface area contributed by atoms with Crippen molar-refractivity contribution in [2.24, 2.45) is 0 Å². The second-order valence-electron chi connectivity index (χ2n) is 7.04. The zero-order valence-corrected chi connectivity index (χ0v) is 18.7. The van der Waals surface area contributed by atoms with Crippen LogP contribution in [0.2, 0.25) is 0 Å². The first-order valence-electron chi connectivity index (χ1n) is 9.90. The Balaban J connectivity index is 2.26. The summed E-state index contributed by atoms with van der Waals surface area (Å²) in [7, 11) is 0. The number of aromatic nitrogens is 1. The molecule has 184 valence electrons. The topological polar surface area (TPSA) is 74.7 Å². The maximum absolute atomic E-state index is 13.5. The van der Waals surface area contributed by atoms with Gasteiger partial charge in [0.1, 0.15) is 21.7 Å². The minimum atomic E-state index is -4.94. The van der Waals surface area contributed by atoms with Gasteiger partial charge in [-0.05, 0) is 37.7 Å². The number of ether oxygens (including phenoxy) is 1.